The predicted octanol–water partition coefficient (Wildman–Crippen LogP) is 2.57. The van der Waals surface area contributed by atoms with Crippen LogP contribution in [-0.4, -0.2) is 81.9 Å². The van der Waals surface area contributed by atoms with Gasteiger partial charge in [-0.2, -0.15) is 0 Å². The van der Waals surface area contributed by atoms with Crippen molar-refractivity contribution in [2.45, 2.75) is 34.1 Å². The Morgan fingerprint density at radius 1 is 1.14 bits per heavy atom. The van der Waals surface area contributed by atoms with Crippen molar-refractivity contribution >= 4 is 23.2 Å². The maximum Gasteiger partial charge on any atom is 0.255 e. The molecule has 7 nitrogen and oxygen atoms in total. The maximum atomic E-state index is 13.2. The van der Waals surface area contributed by atoms with Crippen LogP contribution in [0.4, 0.5) is 0 Å². The third-order valence-electron chi connectivity index (χ3n) is 5.62. The lowest BCUT2D eigenvalue weighted by Gasteiger charge is -2.25. The van der Waals surface area contributed by atoms with E-state index in [1.165, 1.54) is 0 Å². The number of aromatic nitrogens is 2. The quantitative estimate of drug-likeness (QED) is 0.725. The van der Waals surface area contributed by atoms with Crippen molar-refractivity contribution in [3.8, 4) is 5.13 Å². The summed E-state index contributed by atoms with van der Waals surface area (Å²) in [6.45, 7) is 12.8. The predicted molar refractivity (Wildman–Crippen MR) is 116 cm³/mol. The summed E-state index contributed by atoms with van der Waals surface area (Å²) in [5.74, 6) is 0.236. The van der Waals surface area contributed by atoms with E-state index in [4.69, 9.17) is 0 Å². The molecular formula is C21H31N5O2S. The van der Waals surface area contributed by atoms with Crippen LogP contribution in [-0.2, 0) is 4.79 Å². The van der Waals surface area contributed by atoms with Gasteiger partial charge in [0.1, 0.15) is 0 Å². The number of nitrogens with zero attached hydrogens (tertiary/aromatic N) is 5. The monoisotopic (exact) mass is 417 g/mol. The van der Waals surface area contributed by atoms with Crippen molar-refractivity contribution in [1.29, 1.82) is 0 Å². The van der Waals surface area contributed by atoms with Crippen LogP contribution in [0.15, 0.2) is 17.6 Å². The van der Waals surface area contributed by atoms with Gasteiger partial charge < -0.3 is 9.80 Å². The van der Waals surface area contributed by atoms with E-state index in [0.29, 0.717) is 13.1 Å². The third-order valence-corrected chi connectivity index (χ3v) is 6.38. The highest BCUT2D eigenvalue weighted by atomic mass is 32.1. The Kier molecular flexibility index (Phi) is 7.08. The van der Waals surface area contributed by atoms with Gasteiger partial charge >= 0.3 is 0 Å². The largest absolute Gasteiger partial charge is 0.342 e. The number of amides is 2. The number of carbonyl (C=O) groups is 2. The van der Waals surface area contributed by atoms with Gasteiger partial charge in [-0.3, -0.25) is 19.1 Å². The molecule has 1 saturated heterocycles. The Labute approximate surface area is 176 Å². The van der Waals surface area contributed by atoms with Crippen molar-refractivity contribution in [3.63, 3.8) is 0 Å². The van der Waals surface area contributed by atoms with Gasteiger partial charge in [-0.15, -0.1) is 11.3 Å². The molecule has 0 radical (unpaired) electrons. The first-order chi connectivity index (χ1) is 14.0. The van der Waals surface area contributed by atoms with Crippen molar-refractivity contribution in [2.24, 2.45) is 0 Å². The smallest absolute Gasteiger partial charge is 0.255 e. The first-order valence-corrected chi connectivity index (χ1v) is 11.2. The van der Waals surface area contributed by atoms with Crippen molar-refractivity contribution in [3.05, 3.63) is 34.6 Å². The highest BCUT2D eigenvalue weighted by Crippen LogP contribution is 2.23. The minimum atomic E-state index is 0.0674. The second-order valence-corrected chi connectivity index (χ2v) is 8.30. The molecule has 0 unspecified atom stereocenters. The molecule has 0 aliphatic carbocycles. The molecule has 29 heavy (non-hydrogen) atoms. The van der Waals surface area contributed by atoms with E-state index in [0.717, 1.165) is 61.2 Å². The molecule has 1 aliphatic heterocycles. The van der Waals surface area contributed by atoms with E-state index in [1.807, 2.05) is 53.5 Å². The average Bonchev–Trinajstić information content (AvgIpc) is 3.24. The molecular weight excluding hydrogens is 386 g/mol. The summed E-state index contributed by atoms with van der Waals surface area (Å²) in [5, 5.41) is 2.83. The van der Waals surface area contributed by atoms with Gasteiger partial charge in [0, 0.05) is 62.2 Å². The molecule has 2 amide bonds. The molecule has 158 valence electrons. The normalized spacial score (nSPS) is 15.4. The fourth-order valence-electron chi connectivity index (χ4n) is 3.97. The van der Waals surface area contributed by atoms with Gasteiger partial charge in [0.15, 0.2) is 5.13 Å². The molecule has 3 heterocycles. The minimum absolute atomic E-state index is 0.0674. The zero-order chi connectivity index (χ0) is 21.0. The van der Waals surface area contributed by atoms with E-state index in [9.17, 15) is 9.59 Å². The molecule has 3 rings (SSSR count). The Balaban J connectivity index is 1.67. The van der Waals surface area contributed by atoms with Crippen molar-refractivity contribution in [2.75, 3.05) is 45.8 Å². The van der Waals surface area contributed by atoms with Gasteiger partial charge in [0.2, 0.25) is 5.91 Å². The molecule has 0 atom stereocenters. The number of hydrogen-bond donors (Lipinski definition) is 0. The summed E-state index contributed by atoms with van der Waals surface area (Å²) in [7, 11) is 0. The van der Waals surface area contributed by atoms with Crippen LogP contribution in [0.25, 0.3) is 5.13 Å². The van der Waals surface area contributed by atoms with Gasteiger partial charge in [-0.1, -0.05) is 0 Å². The Hall–Kier alpha value is -2.19. The molecule has 2 aromatic heterocycles. The van der Waals surface area contributed by atoms with E-state index in [-0.39, 0.29) is 11.8 Å². The van der Waals surface area contributed by atoms with Crippen LogP contribution in [0.2, 0.25) is 0 Å². The number of thiazole rings is 1. The summed E-state index contributed by atoms with van der Waals surface area (Å²) >= 11 is 1.56. The summed E-state index contributed by atoms with van der Waals surface area (Å²) < 4.78 is 2.05. The standard InChI is InChI=1S/C21H31N5O2S/c1-5-24(6-2)19(27)15-23-9-7-10-25(12-11-23)20(28)18-14-16(3)26(17(18)4)21-22-8-13-29-21/h8,13-14H,5-7,9-12,15H2,1-4H3. The molecule has 1 aliphatic rings. The number of carbonyl (C=O) groups excluding carboxylic acids is 2. The summed E-state index contributed by atoms with van der Waals surface area (Å²) in [5.41, 5.74) is 2.69. The minimum Gasteiger partial charge on any atom is -0.342 e. The van der Waals surface area contributed by atoms with E-state index < -0.39 is 0 Å². The molecule has 0 spiro atoms. The summed E-state index contributed by atoms with van der Waals surface area (Å²) in [6, 6.07) is 1.96. The number of aryl methyl sites for hydroxylation is 1. The highest BCUT2D eigenvalue weighted by molar-refractivity contribution is 7.12. The van der Waals surface area contributed by atoms with Crippen LogP contribution in [0.5, 0.6) is 0 Å². The zero-order valence-corrected chi connectivity index (χ0v) is 18.7. The van der Waals surface area contributed by atoms with Gasteiger partial charge in [-0.05, 0) is 40.2 Å². The maximum absolute atomic E-state index is 13.2. The second-order valence-electron chi connectivity index (χ2n) is 7.42. The third kappa shape index (κ3) is 4.70. The van der Waals surface area contributed by atoms with Crippen LogP contribution in [0.1, 0.15) is 42.0 Å². The van der Waals surface area contributed by atoms with Crippen LogP contribution in [0.3, 0.4) is 0 Å². The summed E-state index contributed by atoms with van der Waals surface area (Å²) in [6.07, 6.45) is 2.66. The number of likely N-dealkylation sites (N-methyl/N-ethyl adjacent to an activating group) is 1. The molecule has 8 heteroatoms. The first-order valence-electron chi connectivity index (χ1n) is 10.3. The lowest BCUT2D eigenvalue weighted by molar-refractivity contribution is -0.132. The molecule has 0 bridgehead atoms. The fourth-order valence-corrected chi connectivity index (χ4v) is 4.72. The van der Waals surface area contributed by atoms with E-state index in [1.54, 1.807) is 17.5 Å². The molecule has 0 N–H and O–H groups in total. The Morgan fingerprint density at radius 3 is 2.55 bits per heavy atom. The lowest BCUT2D eigenvalue weighted by atomic mass is 10.2. The van der Waals surface area contributed by atoms with Crippen molar-refractivity contribution < 1.29 is 9.59 Å². The van der Waals surface area contributed by atoms with Crippen LogP contribution >= 0.6 is 11.3 Å². The molecule has 2 aromatic rings. The second kappa shape index (κ2) is 9.54. The molecule has 0 saturated carbocycles. The van der Waals surface area contributed by atoms with E-state index in [2.05, 4.69) is 9.88 Å². The average molecular weight is 418 g/mol. The molecule has 0 aromatic carbocycles. The van der Waals surface area contributed by atoms with Gasteiger partial charge in [-0.25, -0.2) is 4.98 Å². The van der Waals surface area contributed by atoms with Crippen LogP contribution in [0, 0.1) is 13.8 Å². The summed E-state index contributed by atoms with van der Waals surface area (Å²) in [4.78, 5) is 36.0. The van der Waals surface area contributed by atoms with E-state index >= 15 is 0 Å². The van der Waals surface area contributed by atoms with Gasteiger partial charge in [0.05, 0.1) is 12.1 Å². The SMILES string of the molecule is CCN(CC)C(=O)CN1CCCN(C(=O)c2cc(C)n(-c3nccs3)c2C)CC1. The Morgan fingerprint density at radius 2 is 1.90 bits per heavy atom. The topological polar surface area (TPSA) is 61.7 Å². The van der Waals surface area contributed by atoms with Gasteiger partial charge in [0.25, 0.3) is 5.91 Å². The first kappa shape index (κ1) is 21.5. The van der Waals surface area contributed by atoms with Crippen LogP contribution < -0.4 is 0 Å². The Bertz CT molecular complexity index is 842. The van der Waals surface area contributed by atoms with Crippen molar-refractivity contribution in [1.82, 2.24) is 24.3 Å². The zero-order valence-electron chi connectivity index (χ0n) is 17.8. The highest BCUT2D eigenvalue weighted by Gasteiger charge is 2.25. The molecule has 1 fully saturated rings. The lowest BCUT2D eigenvalue weighted by Crippen LogP contribution is -2.42. The fraction of sp³-hybridized carbons (Fsp3) is 0.571. The number of hydrogen-bond acceptors (Lipinski definition) is 5. The number of rotatable bonds is 6.